The maximum absolute atomic E-state index is 5.93. The Morgan fingerprint density at radius 2 is 2.30 bits per heavy atom. The third kappa shape index (κ3) is 3.44. The van der Waals surface area contributed by atoms with Crippen molar-refractivity contribution in [3.05, 3.63) is 30.0 Å². The van der Waals surface area contributed by atoms with E-state index in [9.17, 15) is 0 Å². The monoisotopic (exact) mass is 317 g/mol. The van der Waals surface area contributed by atoms with Gasteiger partial charge in [-0.1, -0.05) is 0 Å². The van der Waals surface area contributed by atoms with Crippen molar-refractivity contribution in [3.63, 3.8) is 0 Å². The van der Waals surface area contributed by atoms with E-state index in [1.54, 1.807) is 7.11 Å². The summed E-state index contributed by atoms with van der Waals surface area (Å²) in [7, 11) is 1.57. The lowest BCUT2D eigenvalue weighted by atomic mass is 10.0. The molecule has 3 rings (SSSR count). The van der Waals surface area contributed by atoms with Gasteiger partial charge in [0.1, 0.15) is 17.7 Å². The van der Waals surface area contributed by atoms with Crippen molar-refractivity contribution in [2.24, 2.45) is 5.92 Å². The number of hydrogen-bond donors (Lipinski definition) is 1. The summed E-state index contributed by atoms with van der Waals surface area (Å²) in [5.74, 6) is 2.15. The predicted molar refractivity (Wildman–Crippen MR) is 86.5 cm³/mol. The van der Waals surface area contributed by atoms with Gasteiger partial charge in [-0.15, -0.1) is 0 Å². The van der Waals surface area contributed by atoms with Gasteiger partial charge in [-0.2, -0.15) is 4.98 Å². The van der Waals surface area contributed by atoms with E-state index in [2.05, 4.69) is 31.8 Å². The summed E-state index contributed by atoms with van der Waals surface area (Å²) < 4.78 is 13.2. The fourth-order valence-electron chi connectivity index (χ4n) is 2.93. The Morgan fingerprint density at radius 3 is 3.09 bits per heavy atom. The quantitative estimate of drug-likeness (QED) is 0.880. The lowest BCUT2D eigenvalue weighted by Gasteiger charge is -2.20. The number of hydrogen-bond acceptors (Lipinski definition) is 6. The fourth-order valence-corrected chi connectivity index (χ4v) is 2.93. The Bertz CT molecular complexity index is 658. The molecule has 0 aliphatic carbocycles. The van der Waals surface area contributed by atoms with Crippen LogP contribution in [0.4, 0.5) is 5.82 Å². The van der Waals surface area contributed by atoms with Crippen LogP contribution in [0.15, 0.2) is 18.5 Å². The molecule has 1 saturated heterocycles. The fraction of sp³-hybridized carbons (Fsp3) is 0.562. The molecule has 1 aliphatic rings. The van der Waals surface area contributed by atoms with E-state index in [0.717, 1.165) is 43.5 Å². The Kier molecular flexibility index (Phi) is 4.76. The number of methoxy groups -OCH3 is 1. The minimum absolute atomic E-state index is 0.0299. The third-order valence-electron chi connectivity index (χ3n) is 4.12. The zero-order chi connectivity index (χ0) is 16.2. The molecule has 1 aliphatic heterocycles. The van der Waals surface area contributed by atoms with Crippen LogP contribution in [0.1, 0.15) is 31.0 Å². The maximum atomic E-state index is 5.93. The van der Waals surface area contributed by atoms with Crippen molar-refractivity contribution in [2.75, 3.05) is 25.6 Å². The second-order valence-corrected chi connectivity index (χ2v) is 5.67. The highest BCUT2D eigenvalue weighted by Crippen LogP contribution is 2.33. The minimum Gasteiger partial charge on any atom is -0.467 e. The topological polar surface area (TPSA) is 74.1 Å². The van der Waals surface area contributed by atoms with E-state index in [0.29, 0.717) is 11.9 Å². The molecule has 124 valence electrons. The van der Waals surface area contributed by atoms with Crippen molar-refractivity contribution in [2.45, 2.75) is 32.9 Å². The summed E-state index contributed by atoms with van der Waals surface area (Å²) in [6.45, 7) is 6.48. The van der Waals surface area contributed by atoms with Crippen molar-refractivity contribution >= 4 is 5.82 Å². The molecule has 0 spiro atoms. The van der Waals surface area contributed by atoms with E-state index in [4.69, 9.17) is 9.47 Å². The third-order valence-corrected chi connectivity index (χ3v) is 4.12. The van der Waals surface area contributed by atoms with Crippen LogP contribution in [-0.4, -0.2) is 39.8 Å². The largest absolute Gasteiger partial charge is 0.467 e. The second kappa shape index (κ2) is 6.95. The molecule has 23 heavy (non-hydrogen) atoms. The van der Waals surface area contributed by atoms with Gasteiger partial charge in [-0.05, 0) is 20.3 Å². The van der Waals surface area contributed by atoms with Crippen LogP contribution in [0.3, 0.4) is 0 Å². The summed E-state index contributed by atoms with van der Waals surface area (Å²) >= 11 is 0. The first-order chi connectivity index (χ1) is 11.2. The molecule has 0 unspecified atom stereocenters. The SMILES string of the molecule is CCn1ccnc1[C@@H]1OCC[C@H]1CNc1cc(C)nc(OC)n1. The lowest BCUT2D eigenvalue weighted by Crippen LogP contribution is -2.21. The van der Waals surface area contributed by atoms with Gasteiger partial charge < -0.3 is 19.4 Å². The van der Waals surface area contributed by atoms with Gasteiger partial charge in [0.05, 0.1) is 7.11 Å². The van der Waals surface area contributed by atoms with Crippen LogP contribution in [0.25, 0.3) is 0 Å². The van der Waals surface area contributed by atoms with Crippen LogP contribution in [0.5, 0.6) is 6.01 Å². The highest BCUT2D eigenvalue weighted by molar-refractivity contribution is 5.37. The molecule has 0 saturated carbocycles. The molecule has 0 amide bonds. The van der Waals surface area contributed by atoms with Crippen LogP contribution in [-0.2, 0) is 11.3 Å². The number of anilines is 1. The Balaban J connectivity index is 1.69. The summed E-state index contributed by atoms with van der Waals surface area (Å²) in [5.41, 5.74) is 0.875. The summed E-state index contributed by atoms with van der Waals surface area (Å²) in [6.07, 6.45) is 4.88. The minimum atomic E-state index is 0.0299. The van der Waals surface area contributed by atoms with Gasteiger partial charge in [-0.25, -0.2) is 9.97 Å². The number of imidazole rings is 1. The predicted octanol–water partition coefficient (Wildman–Crippen LogP) is 2.20. The Hall–Kier alpha value is -2.15. The molecule has 1 N–H and O–H groups in total. The van der Waals surface area contributed by atoms with E-state index in [1.807, 2.05) is 25.4 Å². The van der Waals surface area contributed by atoms with Gasteiger partial charge in [0.15, 0.2) is 0 Å². The zero-order valence-electron chi connectivity index (χ0n) is 13.8. The molecule has 7 nitrogen and oxygen atoms in total. The van der Waals surface area contributed by atoms with Crippen molar-refractivity contribution in [1.82, 2.24) is 19.5 Å². The molecular formula is C16H23N5O2. The highest BCUT2D eigenvalue weighted by Gasteiger charge is 2.32. The normalized spacial score (nSPS) is 20.7. The summed E-state index contributed by atoms with van der Waals surface area (Å²) in [4.78, 5) is 13.0. The average Bonchev–Trinajstić information content (AvgIpc) is 3.20. The first kappa shape index (κ1) is 15.7. The van der Waals surface area contributed by atoms with Gasteiger partial charge in [0, 0.05) is 49.8 Å². The first-order valence-electron chi connectivity index (χ1n) is 7.97. The standard InChI is InChI=1S/C16H23N5O2/c1-4-21-7-6-17-15(21)14-12(5-8-23-14)10-18-13-9-11(2)19-16(20-13)22-3/h6-7,9,12,14H,4-5,8,10H2,1-3H3,(H,18,19,20)/t12-,14+/m0/s1. The molecule has 0 aromatic carbocycles. The molecule has 0 bridgehead atoms. The molecule has 2 aromatic rings. The van der Waals surface area contributed by atoms with Crippen molar-refractivity contribution in [1.29, 1.82) is 0 Å². The number of rotatable bonds is 6. The Labute approximate surface area is 136 Å². The molecule has 0 radical (unpaired) electrons. The number of nitrogens with zero attached hydrogens (tertiary/aromatic N) is 4. The first-order valence-corrected chi connectivity index (χ1v) is 7.97. The van der Waals surface area contributed by atoms with Crippen LogP contribution >= 0.6 is 0 Å². The van der Waals surface area contributed by atoms with Crippen LogP contribution < -0.4 is 10.1 Å². The summed E-state index contributed by atoms with van der Waals surface area (Å²) in [5, 5.41) is 3.38. The van der Waals surface area contributed by atoms with Crippen LogP contribution in [0, 0.1) is 12.8 Å². The summed E-state index contributed by atoms with van der Waals surface area (Å²) in [6, 6.07) is 2.30. The second-order valence-electron chi connectivity index (χ2n) is 5.67. The van der Waals surface area contributed by atoms with Crippen LogP contribution in [0.2, 0.25) is 0 Å². The number of ether oxygens (including phenoxy) is 2. The molecule has 2 atom stereocenters. The molecule has 2 aromatic heterocycles. The van der Waals surface area contributed by atoms with Gasteiger partial charge in [0.2, 0.25) is 0 Å². The van der Waals surface area contributed by atoms with E-state index in [-0.39, 0.29) is 6.10 Å². The van der Waals surface area contributed by atoms with E-state index in [1.165, 1.54) is 0 Å². The zero-order valence-corrected chi connectivity index (χ0v) is 13.8. The molecule has 7 heteroatoms. The van der Waals surface area contributed by atoms with E-state index < -0.39 is 0 Å². The lowest BCUT2D eigenvalue weighted by molar-refractivity contribution is 0.0832. The molecule has 1 fully saturated rings. The number of aryl methyl sites for hydroxylation is 2. The average molecular weight is 317 g/mol. The van der Waals surface area contributed by atoms with E-state index >= 15 is 0 Å². The van der Waals surface area contributed by atoms with Gasteiger partial charge in [0.25, 0.3) is 0 Å². The van der Waals surface area contributed by atoms with Gasteiger partial charge in [-0.3, -0.25) is 0 Å². The number of aromatic nitrogens is 4. The maximum Gasteiger partial charge on any atom is 0.318 e. The molecule has 3 heterocycles. The highest BCUT2D eigenvalue weighted by atomic mass is 16.5. The smallest absolute Gasteiger partial charge is 0.318 e. The van der Waals surface area contributed by atoms with Gasteiger partial charge >= 0.3 is 6.01 Å². The van der Waals surface area contributed by atoms with Crippen molar-refractivity contribution < 1.29 is 9.47 Å². The Morgan fingerprint density at radius 1 is 1.43 bits per heavy atom. The van der Waals surface area contributed by atoms with Crippen molar-refractivity contribution in [3.8, 4) is 6.01 Å². The molecular weight excluding hydrogens is 294 g/mol. The number of nitrogens with one attached hydrogen (secondary N) is 1.